The fourth-order valence-corrected chi connectivity index (χ4v) is 2.93. The van der Waals surface area contributed by atoms with Gasteiger partial charge < -0.3 is 10.2 Å². The Hall–Kier alpha value is -0.380. The fraction of sp³-hybridized carbons (Fsp3) is 0.600. The molecular weight excluding hydrogens is 288 g/mol. The molecule has 1 atom stereocenters. The molecule has 0 amide bonds. The zero-order valence-electron chi connectivity index (χ0n) is 11.4. The number of aryl methyl sites for hydroxylation is 1. The fourth-order valence-electron chi connectivity index (χ4n) is 2.54. The highest BCUT2D eigenvalue weighted by Crippen LogP contribution is 2.18. The number of hydrogen-bond acceptors (Lipinski definition) is 2. The van der Waals surface area contributed by atoms with Crippen molar-refractivity contribution in [3.63, 3.8) is 0 Å². The summed E-state index contributed by atoms with van der Waals surface area (Å²) < 4.78 is 1.20. The molecule has 0 radical (unpaired) electrons. The molecule has 1 unspecified atom stereocenters. The summed E-state index contributed by atoms with van der Waals surface area (Å²) in [4.78, 5) is 2.56. The average Bonchev–Trinajstić information content (AvgIpc) is 2.83. The van der Waals surface area contributed by atoms with Crippen LogP contribution in [0.2, 0.25) is 0 Å². The molecule has 0 spiro atoms. The number of halogens is 1. The molecule has 1 aliphatic rings. The molecule has 3 heteroatoms. The van der Waals surface area contributed by atoms with Crippen LogP contribution < -0.4 is 5.32 Å². The summed E-state index contributed by atoms with van der Waals surface area (Å²) in [5, 5.41) is 3.62. The SMILES string of the molecule is Cc1ccc(Br)c(CNC(C)CN2CCCC2)c1. The van der Waals surface area contributed by atoms with Gasteiger partial charge in [0.25, 0.3) is 0 Å². The third kappa shape index (κ3) is 4.08. The first-order chi connectivity index (χ1) is 8.65. The Morgan fingerprint density at radius 1 is 1.33 bits per heavy atom. The van der Waals surface area contributed by atoms with Gasteiger partial charge in [-0.05, 0) is 51.4 Å². The second-order valence-corrected chi connectivity index (χ2v) is 6.24. The Morgan fingerprint density at radius 3 is 2.78 bits per heavy atom. The lowest BCUT2D eigenvalue weighted by atomic mass is 10.1. The third-order valence-corrected chi connectivity index (χ3v) is 4.35. The first-order valence-electron chi connectivity index (χ1n) is 6.86. The van der Waals surface area contributed by atoms with Gasteiger partial charge in [0.2, 0.25) is 0 Å². The standard InChI is InChI=1S/C15H23BrN2/c1-12-5-6-15(16)14(9-12)10-17-13(2)11-18-7-3-4-8-18/h5-6,9,13,17H,3-4,7-8,10-11H2,1-2H3. The number of nitrogens with one attached hydrogen (secondary N) is 1. The van der Waals surface area contributed by atoms with Crippen LogP contribution in [0.1, 0.15) is 30.9 Å². The van der Waals surface area contributed by atoms with Gasteiger partial charge >= 0.3 is 0 Å². The quantitative estimate of drug-likeness (QED) is 0.897. The van der Waals surface area contributed by atoms with Crippen LogP contribution in [0.5, 0.6) is 0 Å². The van der Waals surface area contributed by atoms with Gasteiger partial charge in [0, 0.05) is 23.6 Å². The summed E-state index contributed by atoms with van der Waals surface area (Å²) in [5.41, 5.74) is 2.67. The van der Waals surface area contributed by atoms with Crippen molar-refractivity contribution in [2.24, 2.45) is 0 Å². The van der Waals surface area contributed by atoms with Crippen LogP contribution in [0, 0.1) is 6.92 Å². The van der Waals surface area contributed by atoms with E-state index in [2.05, 4.69) is 58.2 Å². The van der Waals surface area contributed by atoms with E-state index in [1.165, 1.54) is 48.1 Å². The molecule has 0 aromatic heterocycles. The molecular formula is C15H23BrN2. The lowest BCUT2D eigenvalue weighted by molar-refractivity contribution is 0.298. The summed E-state index contributed by atoms with van der Waals surface area (Å²) in [5.74, 6) is 0. The molecule has 1 aromatic rings. The minimum atomic E-state index is 0.551. The summed E-state index contributed by atoms with van der Waals surface area (Å²) in [6, 6.07) is 7.08. The van der Waals surface area contributed by atoms with Gasteiger partial charge in [-0.3, -0.25) is 0 Å². The topological polar surface area (TPSA) is 15.3 Å². The molecule has 0 bridgehead atoms. The number of likely N-dealkylation sites (tertiary alicyclic amines) is 1. The minimum absolute atomic E-state index is 0.551. The molecule has 1 saturated heterocycles. The summed E-state index contributed by atoms with van der Waals surface area (Å²) >= 11 is 3.62. The average molecular weight is 311 g/mol. The Labute approximate surface area is 119 Å². The van der Waals surface area contributed by atoms with Crippen molar-refractivity contribution < 1.29 is 0 Å². The van der Waals surface area contributed by atoms with Crippen LogP contribution in [0.25, 0.3) is 0 Å². The van der Waals surface area contributed by atoms with Crippen molar-refractivity contribution in [2.45, 2.75) is 39.3 Å². The predicted octanol–water partition coefficient (Wildman–Crippen LogP) is 3.33. The number of benzene rings is 1. The van der Waals surface area contributed by atoms with Crippen molar-refractivity contribution in [3.8, 4) is 0 Å². The molecule has 1 aliphatic heterocycles. The van der Waals surface area contributed by atoms with E-state index < -0.39 is 0 Å². The summed E-state index contributed by atoms with van der Waals surface area (Å²) in [7, 11) is 0. The third-order valence-electron chi connectivity index (χ3n) is 3.57. The monoisotopic (exact) mass is 310 g/mol. The van der Waals surface area contributed by atoms with E-state index >= 15 is 0 Å². The van der Waals surface area contributed by atoms with E-state index in [9.17, 15) is 0 Å². The zero-order chi connectivity index (χ0) is 13.0. The minimum Gasteiger partial charge on any atom is -0.309 e. The first kappa shape index (κ1) is 14.0. The highest BCUT2D eigenvalue weighted by Gasteiger charge is 2.14. The molecule has 0 saturated carbocycles. The zero-order valence-corrected chi connectivity index (χ0v) is 13.0. The van der Waals surface area contributed by atoms with Crippen LogP contribution in [-0.4, -0.2) is 30.6 Å². The Balaban J connectivity index is 1.81. The highest BCUT2D eigenvalue weighted by molar-refractivity contribution is 9.10. The van der Waals surface area contributed by atoms with Crippen LogP contribution in [0.15, 0.2) is 22.7 Å². The maximum Gasteiger partial charge on any atom is 0.0220 e. The number of nitrogens with zero attached hydrogens (tertiary/aromatic N) is 1. The molecule has 1 aromatic carbocycles. The van der Waals surface area contributed by atoms with Crippen molar-refractivity contribution in [2.75, 3.05) is 19.6 Å². The summed E-state index contributed by atoms with van der Waals surface area (Å²) in [6.07, 6.45) is 2.74. The number of rotatable bonds is 5. The van der Waals surface area contributed by atoms with E-state index in [0.29, 0.717) is 6.04 Å². The van der Waals surface area contributed by atoms with Crippen LogP contribution in [0.3, 0.4) is 0 Å². The molecule has 0 aliphatic carbocycles. The highest BCUT2D eigenvalue weighted by atomic mass is 79.9. The van der Waals surface area contributed by atoms with Gasteiger partial charge in [-0.25, -0.2) is 0 Å². The maximum atomic E-state index is 3.62. The van der Waals surface area contributed by atoms with Gasteiger partial charge in [-0.2, -0.15) is 0 Å². The van der Waals surface area contributed by atoms with E-state index in [-0.39, 0.29) is 0 Å². The normalized spacial score (nSPS) is 18.2. The maximum absolute atomic E-state index is 3.62. The van der Waals surface area contributed by atoms with Crippen LogP contribution >= 0.6 is 15.9 Å². The van der Waals surface area contributed by atoms with Gasteiger partial charge in [-0.1, -0.05) is 33.6 Å². The van der Waals surface area contributed by atoms with Gasteiger partial charge in [0.1, 0.15) is 0 Å². The van der Waals surface area contributed by atoms with E-state index in [4.69, 9.17) is 0 Å². The van der Waals surface area contributed by atoms with E-state index in [0.717, 1.165) is 6.54 Å². The predicted molar refractivity (Wildman–Crippen MR) is 80.9 cm³/mol. The Bertz CT molecular complexity index is 386. The molecule has 1 fully saturated rings. The van der Waals surface area contributed by atoms with E-state index in [1.54, 1.807) is 0 Å². The first-order valence-corrected chi connectivity index (χ1v) is 7.65. The second-order valence-electron chi connectivity index (χ2n) is 5.38. The lowest BCUT2D eigenvalue weighted by Crippen LogP contribution is -2.37. The van der Waals surface area contributed by atoms with Crippen molar-refractivity contribution in [3.05, 3.63) is 33.8 Å². The van der Waals surface area contributed by atoms with Crippen molar-refractivity contribution in [1.29, 1.82) is 0 Å². The smallest absolute Gasteiger partial charge is 0.0220 e. The largest absolute Gasteiger partial charge is 0.309 e. The Morgan fingerprint density at radius 2 is 2.06 bits per heavy atom. The molecule has 1 heterocycles. The molecule has 1 N–H and O–H groups in total. The van der Waals surface area contributed by atoms with Gasteiger partial charge in [0.05, 0.1) is 0 Å². The van der Waals surface area contributed by atoms with Crippen LogP contribution in [0.4, 0.5) is 0 Å². The summed E-state index contributed by atoms with van der Waals surface area (Å²) in [6.45, 7) is 9.09. The van der Waals surface area contributed by atoms with Crippen molar-refractivity contribution in [1.82, 2.24) is 10.2 Å². The molecule has 2 nitrogen and oxygen atoms in total. The molecule has 100 valence electrons. The Kier molecular flexibility index (Phi) is 5.22. The van der Waals surface area contributed by atoms with Gasteiger partial charge in [0.15, 0.2) is 0 Å². The van der Waals surface area contributed by atoms with Gasteiger partial charge in [-0.15, -0.1) is 0 Å². The van der Waals surface area contributed by atoms with Crippen LogP contribution in [-0.2, 0) is 6.54 Å². The number of hydrogen-bond donors (Lipinski definition) is 1. The molecule has 2 rings (SSSR count). The van der Waals surface area contributed by atoms with E-state index in [1.807, 2.05) is 0 Å². The lowest BCUT2D eigenvalue weighted by Gasteiger charge is -2.21. The van der Waals surface area contributed by atoms with Crippen molar-refractivity contribution >= 4 is 15.9 Å². The molecule has 18 heavy (non-hydrogen) atoms. The second kappa shape index (κ2) is 6.69.